The molecule has 2 aromatic carbocycles. The number of fused-ring (bicyclic) bond motifs is 1. The molecule has 4 rings (SSSR count). The van der Waals surface area contributed by atoms with Crippen molar-refractivity contribution >= 4 is 5.97 Å². The number of hydrogen-bond acceptors (Lipinski definition) is 3. The maximum Gasteiger partial charge on any atom is 0.416 e. The van der Waals surface area contributed by atoms with E-state index in [-0.39, 0.29) is 35.5 Å². The summed E-state index contributed by atoms with van der Waals surface area (Å²) in [4.78, 5) is 11.5. The zero-order valence-electron chi connectivity index (χ0n) is 15.1. The topological polar surface area (TPSA) is 35.5 Å². The Balaban J connectivity index is 1.52. The minimum absolute atomic E-state index is 0.206. The molecule has 1 saturated carbocycles. The lowest BCUT2D eigenvalue weighted by Crippen LogP contribution is -2.10. The quantitative estimate of drug-likeness (QED) is 0.529. The first-order valence-corrected chi connectivity index (χ1v) is 9.02. The summed E-state index contributed by atoms with van der Waals surface area (Å²) in [7, 11) is 1.30. The Bertz CT molecular complexity index is 922. The fourth-order valence-corrected chi connectivity index (χ4v) is 4.00. The third-order valence-electron chi connectivity index (χ3n) is 5.47. The first-order chi connectivity index (χ1) is 13.3. The second-order valence-electron chi connectivity index (χ2n) is 7.17. The molecule has 0 amide bonds. The molecule has 1 fully saturated rings. The number of carbonyl (C=O) groups is 1. The number of carbonyl (C=O) groups excluding carboxylic acids is 1. The highest BCUT2D eigenvalue weighted by Crippen LogP contribution is 2.49. The van der Waals surface area contributed by atoms with E-state index in [9.17, 15) is 22.4 Å². The maximum atomic E-state index is 14.5. The van der Waals surface area contributed by atoms with Gasteiger partial charge in [0.15, 0.2) is 0 Å². The van der Waals surface area contributed by atoms with Gasteiger partial charge in [-0.2, -0.15) is 13.2 Å². The number of alkyl halides is 3. The van der Waals surface area contributed by atoms with E-state index in [4.69, 9.17) is 4.74 Å². The highest BCUT2D eigenvalue weighted by atomic mass is 19.4. The smallest absolute Gasteiger partial charge is 0.416 e. The van der Waals surface area contributed by atoms with Gasteiger partial charge in [0, 0.05) is 12.0 Å². The van der Waals surface area contributed by atoms with Crippen LogP contribution >= 0.6 is 0 Å². The fraction of sp³-hybridized carbons (Fsp3) is 0.381. The van der Waals surface area contributed by atoms with E-state index in [1.165, 1.54) is 19.2 Å². The number of ether oxygens (including phenoxy) is 2. The Labute approximate surface area is 159 Å². The van der Waals surface area contributed by atoms with Crippen molar-refractivity contribution in [1.29, 1.82) is 0 Å². The number of methoxy groups -OCH3 is 1. The molecule has 3 atom stereocenters. The number of rotatable bonds is 4. The molecule has 0 bridgehead atoms. The molecule has 0 radical (unpaired) electrons. The van der Waals surface area contributed by atoms with E-state index in [0.717, 1.165) is 6.07 Å². The van der Waals surface area contributed by atoms with Gasteiger partial charge in [-0.15, -0.1) is 0 Å². The molecule has 148 valence electrons. The van der Waals surface area contributed by atoms with Crippen molar-refractivity contribution in [3.63, 3.8) is 0 Å². The lowest BCUT2D eigenvalue weighted by molar-refractivity contribution is -0.142. The first kappa shape index (κ1) is 18.8. The molecule has 2 aliphatic carbocycles. The predicted molar refractivity (Wildman–Crippen MR) is 92.4 cm³/mol. The average Bonchev–Trinajstić information content (AvgIpc) is 3.34. The van der Waals surface area contributed by atoms with Crippen LogP contribution in [0.1, 0.15) is 47.1 Å². The third kappa shape index (κ3) is 3.34. The van der Waals surface area contributed by atoms with Crippen LogP contribution in [0, 0.1) is 11.7 Å². The molecule has 0 aliphatic heterocycles. The minimum Gasteiger partial charge on any atom is -0.486 e. The first-order valence-electron chi connectivity index (χ1n) is 9.02. The highest BCUT2D eigenvalue weighted by molar-refractivity contribution is 5.77. The normalized spacial score (nSPS) is 23.2. The second kappa shape index (κ2) is 6.79. The van der Waals surface area contributed by atoms with Crippen LogP contribution in [-0.4, -0.2) is 13.1 Å². The number of halogens is 4. The van der Waals surface area contributed by atoms with Crippen molar-refractivity contribution in [3.8, 4) is 5.75 Å². The molecular weight excluding hydrogens is 376 g/mol. The molecule has 0 saturated heterocycles. The van der Waals surface area contributed by atoms with E-state index < -0.39 is 23.7 Å². The van der Waals surface area contributed by atoms with Gasteiger partial charge in [0.1, 0.15) is 17.7 Å². The minimum atomic E-state index is -4.41. The van der Waals surface area contributed by atoms with Crippen LogP contribution in [0.3, 0.4) is 0 Å². The van der Waals surface area contributed by atoms with E-state index in [1.807, 2.05) is 0 Å². The van der Waals surface area contributed by atoms with Crippen LogP contribution in [0.2, 0.25) is 0 Å². The molecule has 0 aromatic heterocycles. The molecular formula is C21H18F4O3. The fourth-order valence-electron chi connectivity index (χ4n) is 4.00. The van der Waals surface area contributed by atoms with Crippen LogP contribution in [0.15, 0.2) is 36.4 Å². The largest absolute Gasteiger partial charge is 0.486 e. The Kier molecular flexibility index (Phi) is 4.56. The van der Waals surface area contributed by atoms with Crippen LogP contribution in [0.4, 0.5) is 17.6 Å². The summed E-state index contributed by atoms with van der Waals surface area (Å²) < 4.78 is 64.5. The van der Waals surface area contributed by atoms with Crippen molar-refractivity contribution in [1.82, 2.24) is 0 Å². The number of benzene rings is 2. The van der Waals surface area contributed by atoms with Crippen molar-refractivity contribution < 1.29 is 31.8 Å². The van der Waals surface area contributed by atoms with Gasteiger partial charge in [0.25, 0.3) is 0 Å². The molecule has 28 heavy (non-hydrogen) atoms. The summed E-state index contributed by atoms with van der Waals surface area (Å²) in [6, 6.07) is 8.46. The summed E-state index contributed by atoms with van der Waals surface area (Å²) in [5, 5.41) is 0. The van der Waals surface area contributed by atoms with Gasteiger partial charge in [-0.1, -0.05) is 18.2 Å². The third-order valence-corrected chi connectivity index (χ3v) is 5.47. The predicted octanol–water partition coefficient (Wildman–Crippen LogP) is 5.19. The molecule has 0 N–H and O–H groups in total. The summed E-state index contributed by atoms with van der Waals surface area (Å²) >= 11 is 0. The van der Waals surface area contributed by atoms with Gasteiger partial charge >= 0.3 is 12.1 Å². The summed E-state index contributed by atoms with van der Waals surface area (Å²) in [5.41, 5.74) is 0.525. The summed E-state index contributed by atoms with van der Waals surface area (Å²) in [6.07, 6.45) is -3.75. The monoisotopic (exact) mass is 394 g/mol. The molecule has 7 heteroatoms. The Morgan fingerprint density at radius 3 is 2.61 bits per heavy atom. The van der Waals surface area contributed by atoms with E-state index >= 15 is 0 Å². The van der Waals surface area contributed by atoms with Crippen LogP contribution in [0.5, 0.6) is 5.75 Å². The average molecular weight is 394 g/mol. The number of hydrogen-bond donors (Lipinski definition) is 0. The Hall–Kier alpha value is -2.57. The van der Waals surface area contributed by atoms with Gasteiger partial charge in [-0.05, 0) is 48.1 Å². The van der Waals surface area contributed by atoms with Gasteiger partial charge in [-0.3, -0.25) is 4.79 Å². The SMILES string of the molecule is COC(=O)C1CC1c1ccc(OC2CCc3c2cccc3C(F)(F)F)cc1F. The molecule has 2 aromatic rings. The zero-order chi connectivity index (χ0) is 20.1. The van der Waals surface area contributed by atoms with Crippen molar-refractivity contribution in [2.45, 2.75) is 37.5 Å². The number of esters is 1. The molecule has 3 unspecified atom stereocenters. The molecule has 0 spiro atoms. The van der Waals surface area contributed by atoms with Gasteiger partial charge in [0.2, 0.25) is 0 Å². The summed E-state index contributed by atoms with van der Waals surface area (Å²) in [5.74, 6) is -1.12. The van der Waals surface area contributed by atoms with Gasteiger partial charge in [-0.25, -0.2) is 4.39 Å². The standard InChI is InChI=1S/C21H18F4O3/c1-27-20(26)16-10-15(16)13-6-5-11(9-18(13)22)28-19-8-7-12-14(19)3-2-4-17(12)21(23,24)25/h2-6,9,15-16,19H,7-8,10H2,1H3. The zero-order valence-corrected chi connectivity index (χ0v) is 15.1. The van der Waals surface area contributed by atoms with E-state index in [2.05, 4.69) is 4.74 Å². The second-order valence-corrected chi connectivity index (χ2v) is 7.17. The van der Waals surface area contributed by atoms with Crippen molar-refractivity contribution in [2.24, 2.45) is 5.92 Å². The molecule has 2 aliphatic rings. The van der Waals surface area contributed by atoms with Gasteiger partial charge in [0.05, 0.1) is 18.6 Å². The lowest BCUT2D eigenvalue weighted by Gasteiger charge is -2.17. The Morgan fingerprint density at radius 2 is 1.93 bits per heavy atom. The van der Waals surface area contributed by atoms with Crippen LogP contribution < -0.4 is 4.74 Å². The lowest BCUT2D eigenvalue weighted by atomic mass is 10.0. The highest BCUT2D eigenvalue weighted by Gasteiger charge is 2.46. The van der Waals surface area contributed by atoms with Crippen LogP contribution in [0.25, 0.3) is 0 Å². The molecule has 0 heterocycles. The Morgan fingerprint density at radius 1 is 1.14 bits per heavy atom. The van der Waals surface area contributed by atoms with Crippen LogP contribution in [-0.2, 0) is 22.1 Å². The van der Waals surface area contributed by atoms with E-state index in [0.29, 0.717) is 24.0 Å². The van der Waals surface area contributed by atoms with E-state index in [1.54, 1.807) is 18.2 Å². The maximum absolute atomic E-state index is 14.5. The van der Waals surface area contributed by atoms with Crippen molar-refractivity contribution in [3.05, 3.63) is 64.5 Å². The van der Waals surface area contributed by atoms with Gasteiger partial charge < -0.3 is 9.47 Å². The summed E-state index contributed by atoms with van der Waals surface area (Å²) in [6.45, 7) is 0. The molecule has 3 nitrogen and oxygen atoms in total. The van der Waals surface area contributed by atoms with Crippen molar-refractivity contribution in [2.75, 3.05) is 7.11 Å².